The van der Waals surface area contributed by atoms with E-state index in [0.29, 0.717) is 5.92 Å². The maximum atomic E-state index is 6.34. The number of aryl methyl sites for hydroxylation is 2. The Morgan fingerprint density at radius 2 is 2.39 bits per heavy atom. The molecule has 2 N–H and O–H groups in total. The molecule has 18 heavy (non-hydrogen) atoms. The van der Waals surface area contributed by atoms with E-state index in [9.17, 15) is 0 Å². The van der Waals surface area contributed by atoms with E-state index < -0.39 is 0 Å². The largest absolute Gasteiger partial charge is 0.381 e. The fourth-order valence-electron chi connectivity index (χ4n) is 2.53. The van der Waals surface area contributed by atoms with Crippen LogP contribution in [0.1, 0.15) is 31.2 Å². The summed E-state index contributed by atoms with van der Waals surface area (Å²) in [5, 5.41) is 5.21. The Balaban J connectivity index is 2.06. The standard InChI is InChI=1S/C13H22ClN3O/c1-3-11-13(14)12(17(2)16-11)7-10(15)9-5-4-6-18-8-9/h9-10H,3-8,15H2,1-2H3. The number of aromatic nitrogens is 2. The van der Waals surface area contributed by atoms with Crippen LogP contribution in [0.2, 0.25) is 5.02 Å². The molecule has 2 rings (SSSR count). The predicted octanol–water partition coefficient (Wildman–Crippen LogP) is 1.93. The summed E-state index contributed by atoms with van der Waals surface area (Å²) in [5.41, 5.74) is 8.30. The number of hydrogen-bond donors (Lipinski definition) is 1. The molecule has 1 aromatic heterocycles. The first-order valence-electron chi connectivity index (χ1n) is 6.67. The average molecular weight is 272 g/mol. The molecule has 0 saturated carbocycles. The van der Waals surface area contributed by atoms with E-state index in [1.165, 1.54) is 0 Å². The maximum Gasteiger partial charge on any atom is 0.0850 e. The molecule has 0 bridgehead atoms. The zero-order chi connectivity index (χ0) is 13.1. The van der Waals surface area contributed by atoms with Crippen LogP contribution in [-0.4, -0.2) is 29.0 Å². The first-order valence-corrected chi connectivity index (χ1v) is 7.04. The van der Waals surface area contributed by atoms with Crippen molar-refractivity contribution in [3.63, 3.8) is 0 Å². The smallest absolute Gasteiger partial charge is 0.0850 e. The molecule has 1 aliphatic rings. The topological polar surface area (TPSA) is 53.1 Å². The normalized spacial score (nSPS) is 22.1. The highest BCUT2D eigenvalue weighted by atomic mass is 35.5. The molecule has 5 heteroatoms. The van der Waals surface area contributed by atoms with E-state index >= 15 is 0 Å². The van der Waals surface area contributed by atoms with E-state index in [-0.39, 0.29) is 6.04 Å². The Labute approximate surface area is 113 Å². The quantitative estimate of drug-likeness (QED) is 0.910. The molecule has 4 nitrogen and oxygen atoms in total. The van der Waals surface area contributed by atoms with Gasteiger partial charge in [0, 0.05) is 26.1 Å². The van der Waals surface area contributed by atoms with Gasteiger partial charge in [-0.3, -0.25) is 4.68 Å². The summed E-state index contributed by atoms with van der Waals surface area (Å²) >= 11 is 6.34. The van der Waals surface area contributed by atoms with Gasteiger partial charge >= 0.3 is 0 Å². The van der Waals surface area contributed by atoms with Gasteiger partial charge in [0.2, 0.25) is 0 Å². The van der Waals surface area contributed by atoms with Crippen LogP contribution in [0.4, 0.5) is 0 Å². The van der Waals surface area contributed by atoms with Crippen molar-refractivity contribution in [2.45, 2.75) is 38.6 Å². The summed E-state index contributed by atoms with van der Waals surface area (Å²) in [5.74, 6) is 0.440. The van der Waals surface area contributed by atoms with Crippen LogP contribution in [-0.2, 0) is 24.6 Å². The molecule has 1 saturated heterocycles. The first kappa shape index (κ1) is 13.8. The van der Waals surface area contributed by atoms with Crippen LogP contribution < -0.4 is 5.73 Å². The fraction of sp³-hybridized carbons (Fsp3) is 0.769. The van der Waals surface area contributed by atoms with Gasteiger partial charge in [-0.15, -0.1) is 0 Å². The molecule has 0 aromatic carbocycles. The van der Waals surface area contributed by atoms with Gasteiger partial charge in [-0.25, -0.2) is 0 Å². The van der Waals surface area contributed by atoms with Crippen LogP contribution in [0.3, 0.4) is 0 Å². The minimum Gasteiger partial charge on any atom is -0.381 e. The van der Waals surface area contributed by atoms with Gasteiger partial charge in [0.15, 0.2) is 0 Å². The molecule has 102 valence electrons. The molecule has 0 spiro atoms. The summed E-state index contributed by atoms with van der Waals surface area (Å²) in [6.07, 6.45) is 3.89. The summed E-state index contributed by atoms with van der Waals surface area (Å²) in [4.78, 5) is 0. The van der Waals surface area contributed by atoms with Crippen molar-refractivity contribution in [3.05, 3.63) is 16.4 Å². The number of hydrogen-bond acceptors (Lipinski definition) is 3. The lowest BCUT2D eigenvalue weighted by molar-refractivity contribution is 0.0448. The van der Waals surface area contributed by atoms with Gasteiger partial charge in [-0.2, -0.15) is 5.10 Å². The first-order chi connectivity index (χ1) is 8.63. The lowest BCUT2D eigenvalue weighted by Crippen LogP contribution is -2.37. The van der Waals surface area contributed by atoms with Gasteiger partial charge in [0.1, 0.15) is 0 Å². The summed E-state index contributed by atoms with van der Waals surface area (Å²) < 4.78 is 7.36. The molecule has 0 radical (unpaired) electrons. The number of halogens is 1. The van der Waals surface area contributed by atoms with Gasteiger partial charge in [-0.1, -0.05) is 18.5 Å². The number of nitrogens with two attached hydrogens (primary N) is 1. The van der Waals surface area contributed by atoms with Crippen LogP contribution >= 0.6 is 11.6 Å². The van der Waals surface area contributed by atoms with Gasteiger partial charge < -0.3 is 10.5 Å². The highest BCUT2D eigenvalue weighted by Gasteiger charge is 2.24. The molecule has 2 atom stereocenters. The van der Waals surface area contributed by atoms with Crippen LogP contribution in [0.5, 0.6) is 0 Å². The third kappa shape index (κ3) is 2.87. The Morgan fingerprint density at radius 3 is 2.94 bits per heavy atom. The summed E-state index contributed by atoms with van der Waals surface area (Å²) in [6.45, 7) is 3.71. The van der Waals surface area contributed by atoms with Gasteiger partial charge in [0.05, 0.1) is 23.0 Å². The van der Waals surface area contributed by atoms with Gasteiger partial charge in [0.25, 0.3) is 0 Å². The van der Waals surface area contributed by atoms with Crippen LogP contribution in [0, 0.1) is 5.92 Å². The Kier molecular flexibility index (Phi) is 4.65. The van der Waals surface area contributed by atoms with E-state index in [1.54, 1.807) is 0 Å². The molecular formula is C13H22ClN3O. The highest BCUT2D eigenvalue weighted by molar-refractivity contribution is 6.31. The Bertz CT molecular complexity index is 399. The van der Waals surface area contributed by atoms with Crippen molar-refractivity contribution in [2.24, 2.45) is 18.7 Å². The minimum atomic E-state index is 0.0999. The number of rotatable bonds is 4. The molecule has 2 unspecified atom stereocenters. The Morgan fingerprint density at radius 1 is 1.61 bits per heavy atom. The zero-order valence-corrected chi connectivity index (χ0v) is 11.9. The number of nitrogens with zero attached hydrogens (tertiary/aromatic N) is 2. The second-order valence-corrected chi connectivity index (χ2v) is 5.41. The highest BCUT2D eigenvalue weighted by Crippen LogP contribution is 2.25. The third-order valence-electron chi connectivity index (χ3n) is 3.73. The molecule has 0 aliphatic carbocycles. The molecule has 1 aromatic rings. The van der Waals surface area contributed by atoms with E-state index in [4.69, 9.17) is 22.1 Å². The second kappa shape index (κ2) is 6.04. The molecule has 1 fully saturated rings. The van der Waals surface area contributed by atoms with Crippen molar-refractivity contribution >= 4 is 11.6 Å². The average Bonchev–Trinajstić information content (AvgIpc) is 2.67. The number of ether oxygens (including phenoxy) is 1. The molecule has 1 aliphatic heterocycles. The molecular weight excluding hydrogens is 250 g/mol. The lowest BCUT2D eigenvalue weighted by atomic mass is 9.91. The maximum absolute atomic E-state index is 6.34. The van der Waals surface area contributed by atoms with Crippen molar-refractivity contribution in [1.29, 1.82) is 0 Å². The van der Waals surface area contributed by atoms with Crippen molar-refractivity contribution in [3.8, 4) is 0 Å². The third-order valence-corrected chi connectivity index (χ3v) is 4.17. The van der Waals surface area contributed by atoms with E-state index in [0.717, 1.165) is 55.3 Å². The van der Waals surface area contributed by atoms with Crippen molar-refractivity contribution < 1.29 is 4.74 Å². The van der Waals surface area contributed by atoms with Crippen molar-refractivity contribution in [2.75, 3.05) is 13.2 Å². The van der Waals surface area contributed by atoms with Gasteiger partial charge in [-0.05, 0) is 25.2 Å². The Hall–Kier alpha value is -0.580. The minimum absolute atomic E-state index is 0.0999. The lowest BCUT2D eigenvalue weighted by Gasteiger charge is -2.27. The van der Waals surface area contributed by atoms with Crippen molar-refractivity contribution in [1.82, 2.24) is 9.78 Å². The summed E-state index contributed by atoms with van der Waals surface area (Å²) in [7, 11) is 1.93. The predicted molar refractivity (Wildman–Crippen MR) is 72.8 cm³/mol. The monoisotopic (exact) mass is 271 g/mol. The van der Waals surface area contributed by atoms with Crippen LogP contribution in [0.25, 0.3) is 0 Å². The van der Waals surface area contributed by atoms with E-state index in [1.807, 2.05) is 11.7 Å². The fourth-order valence-corrected chi connectivity index (χ4v) is 2.91. The zero-order valence-electron chi connectivity index (χ0n) is 11.2. The van der Waals surface area contributed by atoms with Crippen LogP contribution in [0.15, 0.2) is 0 Å². The molecule has 2 heterocycles. The SMILES string of the molecule is CCc1nn(C)c(CC(N)C2CCCOC2)c1Cl. The second-order valence-electron chi connectivity index (χ2n) is 5.03. The molecule has 0 amide bonds. The van der Waals surface area contributed by atoms with E-state index in [2.05, 4.69) is 12.0 Å². The summed E-state index contributed by atoms with van der Waals surface area (Å²) in [6, 6.07) is 0.0999.